The first kappa shape index (κ1) is 22.3. The zero-order valence-corrected chi connectivity index (χ0v) is 18.9. The van der Waals surface area contributed by atoms with Crippen LogP contribution < -0.4 is 0 Å². The van der Waals surface area contributed by atoms with Crippen LogP contribution in [0.25, 0.3) is 0 Å². The SMILES string of the molecule is CC(=O)N1CCC(Cc2ccc(C(=O)N3CCCC(CN4CCOCC4)C3)cc2)CC1. The van der Waals surface area contributed by atoms with Gasteiger partial charge in [-0.15, -0.1) is 0 Å². The highest BCUT2D eigenvalue weighted by Gasteiger charge is 2.27. The Bertz CT molecular complexity index is 737. The molecule has 1 aromatic carbocycles. The van der Waals surface area contributed by atoms with E-state index in [0.29, 0.717) is 11.8 Å². The highest BCUT2D eigenvalue weighted by Crippen LogP contribution is 2.23. The van der Waals surface area contributed by atoms with Gasteiger partial charge in [0.05, 0.1) is 13.2 Å². The molecule has 3 saturated heterocycles. The van der Waals surface area contributed by atoms with Crippen LogP contribution in [0.1, 0.15) is 48.5 Å². The minimum absolute atomic E-state index is 0.174. The lowest BCUT2D eigenvalue weighted by molar-refractivity contribution is -0.130. The van der Waals surface area contributed by atoms with Crippen LogP contribution in [0.3, 0.4) is 0 Å². The number of hydrogen-bond donors (Lipinski definition) is 0. The Kier molecular flexibility index (Phi) is 7.62. The number of carbonyl (C=O) groups is 2. The number of morpholine rings is 1. The van der Waals surface area contributed by atoms with E-state index in [9.17, 15) is 9.59 Å². The summed E-state index contributed by atoms with van der Waals surface area (Å²) in [6.07, 6.45) is 5.48. The fourth-order valence-electron chi connectivity index (χ4n) is 5.30. The Labute approximate surface area is 186 Å². The minimum Gasteiger partial charge on any atom is -0.379 e. The fourth-order valence-corrected chi connectivity index (χ4v) is 5.30. The molecule has 0 saturated carbocycles. The first-order valence-electron chi connectivity index (χ1n) is 12.0. The van der Waals surface area contributed by atoms with Crippen molar-refractivity contribution >= 4 is 11.8 Å². The van der Waals surface area contributed by atoms with Crippen LogP contribution in [0, 0.1) is 11.8 Å². The van der Waals surface area contributed by atoms with E-state index < -0.39 is 0 Å². The van der Waals surface area contributed by atoms with Gasteiger partial charge >= 0.3 is 0 Å². The predicted molar refractivity (Wildman–Crippen MR) is 121 cm³/mol. The summed E-state index contributed by atoms with van der Waals surface area (Å²) in [6, 6.07) is 8.27. The van der Waals surface area contributed by atoms with Gasteiger partial charge < -0.3 is 14.5 Å². The lowest BCUT2D eigenvalue weighted by Crippen LogP contribution is -2.46. The monoisotopic (exact) mass is 427 g/mol. The zero-order chi connectivity index (χ0) is 21.6. The normalized spacial score (nSPS) is 23.7. The van der Waals surface area contributed by atoms with Gasteiger partial charge in [0.25, 0.3) is 5.91 Å². The average Bonchev–Trinajstić information content (AvgIpc) is 2.80. The molecule has 0 bridgehead atoms. The smallest absolute Gasteiger partial charge is 0.253 e. The number of benzene rings is 1. The van der Waals surface area contributed by atoms with Crippen molar-refractivity contribution in [2.45, 2.75) is 39.0 Å². The van der Waals surface area contributed by atoms with E-state index in [1.54, 1.807) is 6.92 Å². The van der Waals surface area contributed by atoms with E-state index in [1.165, 1.54) is 12.0 Å². The van der Waals surface area contributed by atoms with E-state index in [1.807, 2.05) is 17.0 Å². The van der Waals surface area contributed by atoms with Gasteiger partial charge in [0.2, 0.25) is 5.91 Å². The third kappa shape index (κ3) is 6.07. The zero-order valence-electron chi connectivity index (χ0n) is 18.9. The summed E-state index contributed by atoms with van der Waals surface area (Å²) >= 11 is 0. The molecule has 0 radical (unpaired) electrons. The van der Waals surface area contributed by atoms with Crippen molar-refractivity contribution in [3.8, 4) is 0 Å². The van der Waals surface area contributed by atoms with Gasteiger partial charge in [0.1, 0.15) is 0 Å². The largest absolute Gasteiger partial charge is 0.379 e. The Morgan fingerprint density at radius 1 is 0.903 bits per heavy atom. The molecule has 0 aromatic heterocycles. The third-order valence-electron chi connectivity index (χ3n) is 7.21. The molecule has 3 heterocycles. The van der Waals surface area contributed by atoms with Crippen LogP contribution in [0.2, 0.25) is 0 Å². The van der Waals surface area contributed by atoms with Gasteiger partial charge in [0.15, 0.2) is 0 Å². The van der Waals surface area contributed by atoms with E-state index >= 15 is 0 Å². The number of nitrogens with zero attached hydrogens (tertiary/aromatic N) is 3. The fraction of sp³-hybridized carbons (Fsp3) is 0.680. The number of piperidine rings is 2. The van der Waals surface area contributed by atoms with Gasteiger partial charge in [-0.3, -0.25) is 14.5 Å². The molecule has 1 aromatic rings. The van der Waals surface area contributed by atoms with Crippen LogP contribution in [-0.4, -0.2) is 85.5 Å². The van der Waals surface area contributed by atoms with Crippen molar-refractivity contribution in [3.63, 3.8) is 0 Å². The second kappa shape index (κ2) is 10.6. The number of amides is 2. The Morgan fingerprint density at radius 2 is 1.61 bits per heavy atom. The molecule has 0 aliphatic carbocycles. The first-order valence-corrected chi connectivity index (χ1v) is 12.0. The highest BCUT2D eigenvalue weighted by atomic mass is 16.5. The molecule has 3 fully saturated rings. The molecule has 31 heavy (non-hydrogen) atoms. The number of carbonyl (C=O) groups excluding carboxylic acids is 2. The van der Waals surface area contributed by atoms with Crippen LogP contribution in [-0.2, 0) is 16.0 Å². The minimum atomic E-state index is 0.174. The summed E-state index contributed by atoms with van der Waals surface area (Å²) in [6.45, 7) is 9.90. The number of rotatable bonds is 5. The molecule has 3 aliphatic rings. The standard InChI is InChI=1S/C25H37N3O3/c1-20(29)27-11-8-22(9-12-27)17-21-4-6-24(7-5-21)25(30)28-10-2-3-23(19-28)18-26-13-15-31-16-14-26/h4-7,22-23H,2-3,8-19H2,1H3. The molecule has 6 heteroatoms. The molecule has 2 amide bonds. The Hall–Kier alpha value is -1.92. The summed E-state index contributed by atoms with van der Waals surface area (Å²) in [5.74, 6) is 1.55. The third-order valence-corrected chi connectivity index (χ3v) is 7.21. The Balaban J connectivity index is 1.27. The summed E-state index contributed by atoms with van der Waals surface area (Å²) in [4.78, 5) is 31.1. The molecule has 4 rings (SSSR count). The van der Waals surface area contributed by atoms with Crippen molar-refractivity contribution in [1.29, 1.82) is 0 Å². The van der Waals surface area contributed by atoms with Crippen LogP contribution in [0.5, 0.6) is 0 Å². The van der Waals surface area contributed by atoms with Crippen molar-refractivity contribution < 1.29 is 14.3 Å². The van der Waals surface area contributed by atoms with Crippen LogP contribution >= 0.6 is 0 Å². The van der Waals surface area contributed by atoms with Gasteiger partial charge in [-0.2, -0.15) is 0 Å². The van der Waals surface area contributed by atoms with Crippen molar-refractivity contribution in [2.75, 3.05) is 59.0 Å². The van der Waals surface area contributed by atoms with E-state index in [-0.39, 0.29) is 11.8 Å². The summed E-state index contributed by atoms with van der Waals surface area (Å²) in [5.41, 5.74) is 2.10. The molecule has 170 valence electrons. The quantitative estimate of drug-likeness (QED) is 0.725. The number of likely N-dealkylation sites (tertiary alicyclic amines) is 2. The molecular weight excluding hydrogens is 390 g/mol. The van der Waals surface area contributed by atoms with E-state index in [2.05, 4.69) is 21.9 Å². The lowest BCUT2D eigenvalue weighted by atomic mass is 9.90. The van der Waals surface area contributed by atoms with E-state index in [0.717, 1.165) is 90.3 Å². The van der Waals surface area contributed by atoms with Crippen molar-refractivity contribution in [2.24, 2.45) is 11.8 Å². The molecular formula is C25H37N3O3. The highest BCUT2D eigenvalue weighted by molar-refractivity contribution is 5.94. The molecule has 1 unspecified atom stereocenters. The van der Waals surface area contributed by atoms with Gasteiger partial charge in [-0.25, -0.2) is 0 Å². The Morgan fingerprint density at radius 3 is 2.29 bits per heavy atom. The average molecular weight is 428 g/mol. The molecule has 3 aliphatic heterocycles. The molecule has 6 nitrogen and oxygen atoms in total. The van der Waals surface area contributed by atoms with Gasteiger partial charge in [-0.05, 0) is 61.6 Å². The summed E-state index contributed by atoms with van der Waals surface area (Å²) in [7, 11) is 0. The van der Waals surface area contributed by atoms with Crippen LogP contribution in [0.15, 0.2) is 24.3 Å². The topological polar surface area (TPSA) is 53.1 Å². The summed E-state index contributed by atoms with van der Waals surface area (Å²) in [5, 5.41) is 0. The summed E-state index contributed by atoms with van der Waals surface area (Å²) < 4.78 is 5.46. The maximum absolute atomic E-state index is 13.1. The predicted octanol–water partition coefficient (Wildman–Crippen LogP) is 2.67. The van der Waals surface area contributed by atoms with E-state index in [4.69, 9.17) is 4.74 Å². The second-order valence-corrected chi connectivity index (χ2v) is 9.52. The van der Waals surface area contributed by atoms with Gasteiger partial charge in [-0.1, -0.05) is 12.1 Å². The number of hydrogen-bond acceptors (Lipinski definition) is 4. The molecule has 1 atom stereocenters. The second-order valence-electron chi connectivity index (χ2n) is 9.52. The van der Waals surface area contributed by atoms with Crippen molar-refractivity contribution in [1.82, 2.24) is 14.7 Å². The lowest BCUT2D eigenvalue weighted by Gasteiger charge is -2.36. The molecule has 0 spiro atoms. The first-order chi connectivity index (χ1) is 15.1. The maximum atomic E-state index is 13.1. The van der Waals surface area contributed by atoms with Crippen molar-refractivity contribution in [3.05, 3.63) is 35.4 Å². The molecule has 0 N–H and O–H groups in total. The number of ether oxygens (including phenoxy) is 1. The maximum Gasteiger partial charge on any atom is 0.253 e. The van der Waals surface area contributed by atoms with Crippen LogP contribution in [0.4, 0.5) is 0 Å². The van der Waals surface area contributed by atoms with Gasteiger partial charge in [0, 0.05) is 58.3 Å².